The van der Waals surface area contributed by atoms with Gasteiger partial charge in [0.2, 0.25) is 5.79 Å². The number of halogens is 2. The first-order valence-corrected chi connectivity index (χ1v) is 10.1. The van der Waals surface area contributed by atoms with E-state index < -0.39 is 5.79 Å². The normalized spacial score (nSPS) is 11.2. The van der Waals surface area contributed by atoms with Crippen LogP contribution >= 0.6 is 20.2 Å². The van der Waals surface area contributed by atoms with Gasteiger partial charge in [-0.15, -0.1) is 0 Å². The Labute approximate surface area is 150 Å². The van der Waals surface area contributed by atoms with Crippen LogP contribution in [0.3, 0.4) is 0 Å². The van der Waals surface area contributed by atoms with Gasteiger partial charge in [-0.25, -0.2) is 14.0 Å². The van der Waals surface area contributed by atoms with Gasteiger partial charge in [-0.2, -0.15) is 15.3 Å². The number of hydrogen-bond acceptors (Lipinski definition) is 3. The zero-order chi connectivity index (χ0) is 17.0. The van der Waals surface area contributed by atoms with Crippen LogP contribution in [-0.2, 0) is 18.9 Å². The van der Waals surface area contributed by atoms with E-state index in [1.54, 1.807) is 0 Å². The fourth-order valence-electron chi connectivity index (χ4n) is 2.25. The van der Waals surface area contributed by atoms with Crippen LogP contribution < -0.4 is 0 Å². The van der Waals surface area contributed by atoms with E-state index >= 15 is 0 Å². The van der Waals surface area contributed by atoms with Crippen LogP contribution in [0.2, 0.25) is 0 Å². The van der Waals surface area contributed by atoms with Crippen molar-refractivity contribution in [2.24, 2.45) is 0 Å². The van der Waals surface area contributed by atoms with Gasteiger partial charge in [-0.1, -0.05) is 0 Å². The van der Waals surface area contributed by atoms with E-state index in [9.17, 15) is 0 Å². The van der Waals surface area contributed by atoms with Crippen LogP contribution in [0.4, 0.5) is 0 Å². The fraction of sp³-hybridized carbons (Fsp3) is 0.357. The Balaban J connectivity index is 0.000000595. The molecule has 0 aliphatic carbocycles. The van der Waals surface area contributed by atoms with E-state index in [0.717, 1.165) is 16.7 Å². The van der Waals surface area contributed by atoms with Crippen molar-refractivity contribution in [3.63, 3.8) is 0 Å². The number of aromatic nitrogens is 6. The Hall–Kier alpha value is -1.27. The zero-order valence-electron chi connectivity index (χ0n) is 13.3. The molecule has 3 heterocycles. The van der Waals surface area contributed by atoms with Crippen LogP contribution in [0.1, 0.15) is 23.6 Å². The van der Waals surface area contributed by atoms with Crippen LogP contribution in [0.5, 0.6) is 0 Å². The van der Waals surface area contributed by atoms with E-state index in [1.807, 2.05) is 78.9 Å². The summed E-state index contributed by atoms with van der Waals surface area (Å²) in [6, 6.07) is 0. The first-order chi connectivity index (χ1) is 10.9. The average Bonchev–Trinajstić information content (AvgIpc) is 3.21. The first-order valence-electron chi connectivity index (χ1n) is 6.84. The molecule has 0 fully saturated rings. The second-order valence-corrected chi connectivity index (χ2v) is 7.36. The third kappa shape index (κ3) is 3.80. The molecule has 3 aromatic heterocycles. The Bertz CT molecular complexity index is 664. The van der Waals surface area contributed by atoms with Crippen molar-refractivity contribution in [3.8, 4) is 0 Å². The van der Waals surface area contributed by atoms with Crippen molar-refractivity contribution in [1.29, 1.82) is 0 Å². The van der Waals surface area contributed by atoms with Crippen molar-refractivity contribution in [2.45, 2.75) is 33.5 Å². The summed E-state index contributed by atoms with van der Waals surface area (Å²) in [5.74, 6) is -0.642. The minimum atomic E-state index is -0.642. The van der Waals surface area contributed by atoms with Crippen molar-refractivity contribution in [1.82, 2.24) is 29.3 Å². The average molecular weight is 396 g/mol. The summed E-state index contributed by atoms with van der Waals surface area (Å²) in [4.78, 5) is 0. The van der Waals surface area contributed by atoms with E-state index in [0.29, 0.717) is 0 Å². The summed E-state index contributed by atoms with van der Waals surface area (Å²) in [5.41, 5.74) is 3.30. The minimum absolute atomic E-state index is 0.00694. The van der Waals surface area contributed by atoms with E-state index in [4.69, 9.17) is 20.2 Å². The van der Waals surface area contributed by atoms with Gasteiger partial charge >= 0.3 is 33.3 Å². The molecule has 6 nitrogen and oxygen atoms in total. The maximum absolute atomic E-state index is 4.80. The third-order valence-electron chi connectivity index (χ3n) is 3.44. The molecular formula is C14H18Cl2MnN6. The second-order valence-electron chi connectivity index (χ2n) is 5.41. The Morgan fingerprint density at radius 1 is 0.783 bits per heavy atom. The van der Waals surface area contributed by atoms with Crippen molar-refractivity contribution >= 4 is 20.2 Å². The van der Waals surface area contributed by atoms with Gasteiger partial charge in [-0.05, 0) is 37.5 Å². The van der Waals surface area contributed by atoms with Gasteiger partial charge in [0.05, 0.1) is 18.6 Å². The number of rotatable bonds is 3. The number of hydrogen-bond donors (Lipinski definition) is 0. The summed E-state index contributed by atoms with van der Waals surface area (Å²) in [6.45, 7) is 8.10. The summed E-state index contributed by atoms with van der Waals surface area (Å²) in [5, 5.41) is 13.4. The number of aryl methyl sites for hydroxylation is 3. The monoisotopic (exact) mass is 395 g/mol. The molecule has 0 amide bonds. The molecule has 0 spiro atoms. The van der Waals surface area contributed by atoms with Gasteiger partial charge in [0, 0.05) is 25.5 Å². The molecule has 0 N–H and O–H groups in total. The summed E-state index contributed by atoms with van der Waals surface area (Å²) in [7, 11) is 9.59. The molecule has 0 radical (unpaired) electrons. The molecule has 0 aromatic carbocycles. The molecule has 3 aromatic rings. The maximum atomic E-state index is 4.80. The Morgan fingerprint density at radius 2 is 1.04 bits per heavy atom. The molecule has 125 valence electrons. The topological polar surface area (TPSA) is 53.5 Å². The summed E-state index contributed by atoms with van der Waals surface area (Å²) < 4.78 is 5.63. The van der Waals surface area contributed by atoms with E-state index in [-0.39, 0.29) is 13.1 Å². The third-order valence-corrected chi connectivity index (χ3v) is 3.44. The quantitative estimate of drug-likeness (QED) is 0.639. The molecule has 9 heteroatoms. The Kier molecular flexibility index (Phi) is 5.92. The van der Waals surface area contributed by atoms with Gasteiger partial charge < -0.3 is 0 Å². The van der Waals surface area contributed by atoms with Gasteiger partial charge in [0.15, 0.2) is 0 Å². The number of nitrogens with zero attached hydrogens (tertiary/aromatic N) is 6. The molecule has 0 atom stereocenters. The van der Waals surface area contributed by atoms with Crippen molar-refractivity contribution in [2.75, 3.05) is 0 Å². The van der Waals surface area contributed by atoms with Crippen molar-refractivity contribution < 1.29 is 13.1 Å². The molecule has 0 unspecified atom stereocenters. The molecule has 0 saturated carbocycles. The van der Waals surface area contributed by atoms with Crippen LogP contribution in [-0.4, -0.2) is 29.3 Å². The molecule has 0 aliphatic heterocycles. The van der Waals surface area contributed by atoms with Crippen LogP contribution in [0, 0.1) is 20.8 Å². The predicted molar refractivity (Wildman–Crippen MR) is 87.0 cm³/mol. The zero-order valence-corrected chi connectivity index (χ0v) is 16.0. The Morgan fingerprint density at radius 3 is 1.22 bits per heavy atom. The molecule has 23 heavy (non-hydrogen) atoms. The SMILES string of the molecule is Cc1cnn(C(C)(n2cc(C)cn2)n2cc(C)cn2)c1.[Cl][Mn][Cl]. The molecule has 0 saturated heterocycles. The van der Waals surface area contributed by atoms with Crippen molar-refractivity contribution in [3.05, 3.63) is 53.9 Å². The summed E-state index contributed by atoms with van der Waals surface area (Å²) in [6.07, 6.45) is 11.5. The molecular weight excluding hydrogens is 378 g/mol. The standard InChI is InChI=1S/C14H18N6.2ClH.Mn/c1-11-5-15-18(8-11)14(4,19-9-12(2)6-16-19)20-10-13(3)7-17-20;;;/h5-10H,1-4H3;2*1H;/q;;;+2/p-2. The summed E-state index contributed by atoms with van der Waals surface area (Å²) >= 11 is 0.00694. The fourth-order valence-corrected chi connectivity index (χ4v) is 2.25. The molecule has 3 rings (SSSR count). The molecule has 0 bridgehead atoms. The second kappa shape index (κ2) is 7.53. The van der Waals surface area contributed by atoms with Gasteiger partial charge in [0.25, 0.3) is 0 Å². The van der Waals surface area contributed by atoms with Crippen LogP contribution in [0.15, 0.2) is 37.2 Å². The molecule has 0 aliphatic rings. The van der Waals surface area contributed by atoms with Crippen LogP contribution in [0.25, 0.3) is 0 Å². The van der Waals surface area contributed by atoms with Gasteiger partial charge in [-0.3, -0.25) is 0 Å². The van der Waals surface area contributed by atoms with E-state index in [2.05, 4.69) is 15.3 Å². The van der Waals surface area contributed by atoms with E-state index in [1.165, 1.54) is 0 Å². The van der Waals surface area contributed by atoms with Gasteiger partial charge in [0.1, 0.15) is 0 Å². The first kappa shape index (κ1) is 18.1. The predicted octanol–water partition coefficient (Wildman–Crippen LogP) is 3.30.